The largest absolute Gasteiger partial charge is 0.309 e. The minimum atomic E-state index is -0.266. The lowest BCUT2D eigenvalue weighted by molar-refractivity contribution is 0.627. The van der Waals surface area contributed by atoms with E-state index in [9.17, 15) is 8.78 Å². The first-order valence-electron chi connectivity index (χ1n) is 16.2. The van der Waals surface area contributed by atoms with Gasteiger partial charge in [-0.2, -0.15) is 0 Å². The first-order valence-corrected chi connectivity index (χ1v) is 16.2. The van der Waals surface area contributed by atoms with E-state index in [1.807, 2.05) is 24.3 Å². The van der Waals surface area contributed by atoms with Crippen molar-refractivity contribution in [3.05, 3.63) is 167 Å². The van der Waals surface area contributed by atoms with Gasteiger partial charge in [-0.1, -0.05) is 72.8 Å². The molecule has 0 fully saturated rings. The van der Waals surface area contributed by atoms with Gasteiger partial charge in [-0.3, -0.25) is 0 Å². The summed E-state index contributed by atoms with van der Waals surface area (Å²) in [6.45, 7) is 8.49. The van der Waals surface area contributed by atoms with Crippen LogP contribution in [0.1, 0.15) is 22.3 Å². The summed E-state index contributed by atoms with van der Waals surface area (Å²) >= 11 is 0. The molecule has 0 N–H and O–H groups in total. The van der Waals surface area contributed by atoms with Gasteiger partial charge >= 0.3 is 0 Å². The molecule has 0 bridgehead atoms. The first kappa shape index (κ1) is 29.6. The summed E-state index contributed by atoms with van der Waals surface area (Å²) < 4.78 is 28.4. The van der Waals surface area contributed by atoms with Crippen molar-refractivity contribution in [1.29, 1.82) is 0 Å². The first-order chi connectivity index (χ1) is 23.3. The molecule has 48 heavy (non-hydrogen) atoms. The van der Waals surface area contributed by atoms with Crippen LogP contribution in [0.25, 0.3) is 32.3 Å². The molecule has 0 saturated carbocycles. The molecule has 0 aliphatic heterocycles. The molecule has 0 saturated heterocycles. The Balaban J connectivity index is 1.44. The van der Waals surface area contributed by atoms with Gasteiger partial charge in [-0.15, -0.1) is 0 Å². The second kappa shape index (κ2) is 11.5. The van der Waals surface area contributed by atoms with Crippen LogP contribution >= 0.6 is 0 Å². The second-order valence-corrected chi connectivity index (χ2v) is 12.7. The zero-order valence-electron chi connectivity index (χ0n) is 27.4. The maximum Gasteiger partial charge on any atom is 0.123 e. The van der Waals surface area contributed by atoms with Crippen LogP contribution in [0.15, 0.2) is 133 Å². The molecule has 0 atom stereocenters. The number of hydrogen-bond acceptors (Lipinski definition) is 2. The lowest BCUT2D eigenvalue weighted by Gasteiger charge is -2.31. The number of para-hydroxylation sites is 2. The predicted molar refractivity (Wildman–Crippen MR) is 198 cm³/mol. The summed E-state index contributed by atoms with van der Waals surface area (Å²) in [4.78, 5) is 4.52. The summed E-state index contributed by atoms with van der Waals surface area (Å²) in [5, 5.41) is 6.84. The van der Waals surface area contributed by atoms with Gasteiger partial charge in [0, 0.05) is 22.1 Å². The van der Waals surface area contributed by atoms with Gasteiger partial charge in [-0.25, -0.2) is 8.78 Å². The zero-order chi connectivity index (χ0) is 33.1. The fourth-order valence-corrected chi connectivity index (χ4v) is 7.43. The third-order valence-electron chi connectivity index (χ3n) is 9.60. The molecule has 234 valence electrons. The van der Waals surface area contributed by atoms with Crippen LogP contribution in [0.3, 0.4) is 0 Å². The highest BCUT2D eigenvalue weighted by Crippen LogP contribution is 2.49. The molecule has 8 rings (SSSR count). The molecule has 8 aromatic rings. The van der Waals surface area contributed by atoms with Gasteiger partial charge in [0.1, 0.15) is 11.6 Å². The normalized spacial score (nSPS) is 11.5. The second-order valence-electron chi connectivity index (χ2n) is 12.7. The Labute approximate surface area is 279 Å². The van der Waals surface area contributed by atoms with Crippen molar-refractivity contribution in [2.24, 2.45) is 0 Å². The maximum atomic E-state index is 14.2. The fourth-order valence-electron chi connectivity index (χ4n) is 7.43. The van der Waals surface area contributed by atoms with Gasteiger partial charge in [0.25, 0.3) is 0 Å². The van der Waals surface area contributed by atoms with E-state index in [1.54, 1.807) is 0 Å². The quantitative estimate of drug-likeness (QED) is 0.169. The molecule has 0 aromatic heterocycles. The molecular formula is C44H34F2N2. The summed E-state index contributed by atoms with van der Waals surface area (Å²) in [6.07, 6.45) is 0. The topological polar surface area (TPSA) is 6.48 Å². The summed E-state index contributed by atoms with van der Waals surface area (Å²) in [5.74, 6) is -0.532. The van der Waals surface area contributed by atoms with Crippen LogP contribution < -0.4 is 9.80 Å². The highest BCUT2D eigenvalue weighted by Gasteiger charge is 2.24. The Hall–Kier alpha value is -5.74. The SMILES string of the molecule is Cc1cccc(C)c1N(c1ccc(F)cc1)c1ccc2ccc3c(N(c4ccc(F)cc4)c4c(C)cccc4C)ccc4ccc1c2c43. The van der Waals surface area contributed by atoms with E-state index in [4.69, 9.17) is 0 Å². The van der Waals surface area contributed by atoms with Crippen LogP contribution in [-0.4, -0.2) is 0 Å². The molecule has 0 radical (unpaired) electrons. The van der Waals surface area contributed by atoms with Gasteiger partial charge in [0.15, 0.2) is 0 Å². The zero-order valence-corrected chi connectivity index (χ0v) is 27.4. The van der Waals surface area contributed by atoms with E-state index in [0.29, 0.717) is 0 Å². The molecular weight excluding hydrogens is 594 g/mol. The van der Waals surface area contributed by atoms with E-state index >= 15 is 0 Å². The van der Waals surface area contributed by atoms with E-state index in [2.05, 4.69) is 122 Å². The number of aryl methyl sites for hydroxylation is 4. The molecule has 4 heteroatoms. The fraction of sp³-hybridized carbons (Fsp3) is 0.0909. The van der Waals surface area contributed by atoms with Crippen LogP contribution in [0.4, 0.5) is 42.9 Å². The van der Waals surface area contributed by atoms with Crippen LogP contribution in [0.5, 0.6) is 0 Å². The Morgan fingerprint density at radius 1 is 0.375 bits per heavy atom. The van der Waals surface area contributed by atoms with Gasteiger partial charge in [-0.05, 0) is 132 Å². The third kappa shape index (κ3) is 4.75. The number of hydrogen-bond donors (Lipinski definition) is 0. The molecule has 0 amide bonds. The van der Waals surface area contributed by atoms with Gasteiger partial charge in [0.05, 0.1) is 22.7 Å². The molecule has 0 aliphatic carbocycles. The van der Waals surface area contributed by atoms with E-state index in [-0.39, 0.29) is 11.6 Å². The predicted octanol–water partition coefficient (Wildman–Crippen LogP) is 13.0. The minimum Gasteiger partial charge on any atom is -0.309 e. The molecule has 0 unspecified atom stereocenters. The molecule has 0 aliphatic rings. The number of halogens is 2. The highest BCUT2D eigenvalue weighted by atomic mass is 19.1. The van der Waals surface area contributed by atoms with Crippen LogP contribution in [0, 0.1) is 39.3 Å². The van der Waals surface area contributed by atoms with Crippen molar-refractivity contribution in [3.63, 3.8) is 0 Å². The summed E-state index contributed by atoms with van der Waals surface area (Å²) in [7, 11) is 0. The van der Waals surface area contributed by atoms with Crippen molar-refractivity contribution in [3.8, 4) is 0 Å². The van der Waals surface area contributed by atoms with E-state index < -0.39 is 0 Å². The number of rotatable bonds is 6. The number of nitrogens with zero attached hydrogens (tertiary/aromatic N) is 2. The minimum absolute atomic E-state index is 0.266. The standard InChI is InChI=1S/C44H34F2N2/c1-27-7-5-8-28(2)43(27)47(35-19-15-33(45)16-20-35)39-25-13-31-12-24-38-40(26-14-32-11-23-37(39)41(31)42(32)38)48(36-21-17-34(46)18-22-36)44-29(3)9-6-10-30(44)4/h5-26H,1-4H3. The smallest absolute Gasteiger partial charge is 0.123 e. The molecule has 2 nitrogen and oxygen atoms in total. The Morgan fingerprint density at radius 2 is 0.708 bits per heavy atom. The van der Waals surface area contributed by atoms with Crippen molar-refractivity contribution < 1.29 is 8.78 Å². The average Bonchev–Trinajstić information content (AvgIpc) is 3.08. The van der Waals surface area contributed by atoms with Crippen LogP contribution in [-0.2, 0) is 0 Å². The summed E-state index contributed by atoms with van der Waals surface area (Å²) in [6, 6.07) is 43.7. The lowest BCUT2D eigenvalue weighted by Crippen LogP contribution is -2.14. The number of benzene rings is 8. The van der Waals surface area contributed by atoms with Crippen LogP contribution in [0.2, 0.25) is 0 Å². The average molecular weight is 629 g/mol. The van der Waals surface area contributed by atoms with Crippen molar-refractivity contribution in [2.75, 3.05) is 9.80 Å². The van der Waals surface area contributed by atoms with Crippen molar-refractivity contribution >= 4 is 66.4 Å². The molecule has 8 aromatic carbocycles. The maximum absolute atomic E-state index is 14.2. The van der Waals surface area contributed by atoms with E-state index in [1.165, 1.54) is 35.0 Å². The number of anilines is 6. The Kier molecular flexibility index (Phi) is 7.10. The Bertz CT molecular complexity index is 2250. The lowest BCUT2D eigenvalue weighted by atomic mass is 9.91. The Morgan fingerprint density at radius 3 is 1.06 bits per heavy atom. The monoisotopic (exact) mass is 628 g/mol. The highest BCUT2D eigenvalue weighted by molar-refractivity contribution is 6.28. The molecule has 0 heterocycles. The van der Waals surface area contributed by atoms with Crippen molar-refractivity contribution in [2.45, 2.75) is 27.7 Å². The van der Waals surface area contributed by atoms with Gasteiger partial charge in [0.2, 0.25) is 0 Å². The summed E-state index contributed by atoms with van der Waals surface area (Å²) in [5.41, 5.74) is 10.5. The third-order valence-corrected chi connectivity index (χ3v) is 9.60. The molecule has 0 spiro atoms. The van der Waals surface area contributed by atoms with Gasteiger partial charge < -0.3 is 9.80 Å². The van der Waals surface area contributed by atoms with Crippen molar-refractivity contribution in [1.82, 2.24) is 0 Å². The van der Waals surface area contributed by atoms with E-state index in [0.717, 1.165) is 77.9 Å².